The maximum absolute atomic E-state index is 12.1. The molecule has 4 atom stereocenters. The van der Waals surface area contributed by atoms with Crippen molar-refractivity contribution in [3.8, 4) is 18.4 Å². The first-order chi connectivity index (χ1) is 19.2. The van der Waals surface area contributed by atoms with Gasteiger partial charge >= 0.3 is 12.1 Å². The molecule has 2 aromatic heterocycles. The van der Waals surface area contributed by atoms with Gasteiger partial charge in [-0.3, -0.25) is 19.4 Å². The van der Waals surface area contributed by atoms with Gasteiger partial charge in [0.15, 0.2) is 0 Å². The van der Waals surface area contributed by atoms with Crippen LogP contribution in [0.4, 0.5) is 13.2 Å². The molecule has 0 spiro atoms. The van der Waals surface area contributed by atoms with Crippen molar-refractivity contribution in [1.29, 1.82) is 5.26 Å². The molecule has 5 rings (SSSR count). The predicted molar refractivity (Wildman–Crippen MR) is 146 cm³/mol. The molecule has 3 amide bonds. The largest absolute Gasteiger partial charge is 0.470 e. The molecule has 2 aliphatic carbocycles. The van der Waals surface area contributed by atoms with Gasteiger partial charge in [-0.15, -0.1) is 17.8 Å². The Morgan fingerprint density at radius 1 is 1.34 bits per heavy atom. The van der Waals surface area contributed by atoms with Gasteiger partial charge in [0.25, 0.3) is 0 Å². The highest BCUT2D eigenvalue weighted by Gasteiger charge is 2.62. The number of primary amides is 1. The van der Waals surface area contributed by atoms with Crippen molar-refractivity contribution < 1.29 is 32.3 Å². The Kier molecular flexibility index (Phi) is 10.0. The third kappa shape index (κ3) is 7.96. The van der Waals surface area contributed by atoms with Gasteiger partial charge in [0.05, 0.1) is 29.4 Å². The van der Waals surface area contributed by atoms with Crippen LogP contribution in [0, 0.1) is 40.9 Å². The molecule has 3 aliphatic rings. The zero-order chi connectivity index (χ0) is 30.5. The molecule has 13 heteroatoms. The minimum absolute atomic E-state index is 0.0972. The van der Waals surface area contributed by atoms with E-state index in [1.807, 2.05) is 23.3 Å². The molecule has 3 fully saturated rings. The molecule has 0 bridgehead atoms. The smallest absolute Gasteiger partial charge is 0.375 e. The zero-order valence-corrected chi connectivity index (χ0v) is 23.7. The van der Waals surface area contributed by atoms with Gasteiger partial charge in [-0.2, -0.15) is 18.4 Å². The van der Waals surface area contributed by atoms with Crippen LogP contribution in [0.15, 0.2) is 17.8 Å². The summed E-state index contributed by atoms with van der Waals surface area (Å²) in [4.78, 5) is 37.8. The van der Waals surface area contributed by atoms with Crippen LogP contribution in [-0.2, 0) is 19.1 Å². The van der Waals surface area contributed by atoms with Gasteiger partial charge in [-0.1, -0.05) is 19.8 Å². The van der Waals surface area contributed by atoms with Gasteiger partial charge in [0.2, 0.25) is 12.3 Å². The summed E-state index contributed by atoms with van der Waals surface area (Å²) in [6, 6.07) is 1.28. The maximum Gasteiger partial charge on any atom is 0.470 e. The molecular formula is C28H32F3N5O4S. The Morgan fingerprint density at radius 3 is 2.44 bits per heavy atom. The van der Waals surface area contributed by atoms with Gasteiger partial charge in [-0.05, 0) is 37.0 Å². The topological polar surface area (TPSA) is 138 Å². The minimum Gasteiger partial charge on any atom is -0.375 e. The number of amides is 3. The van der Waals surface area contributed by atoms with Crippen LogP contribution in [-0.4, -0.2) is 59.6 Å². The number of rotatable bonds is 7. The number of carbonyl (C=O) groups excluding carboxylic acids is 3. The number of likely N-dealkylation sites (tertiary alicyclic amines) is 1. The Labute approximate surface area is 240 Å². The zero-order valence-electron chi connectivity index (χ0n) is 22.9. The number of terminal acetylenes is 1. The van der Waals surface area contributed by atoms with E-state index in [0.29, 0.717) is 35.8 Å². The number of pyridine rings is 1. The summed E-state index contributed by atoms with van der Waals surface area (Å²) < 4.78 is 38.7. The third-order valence-corrected chi connectivity index (χ3v) is 8.43. The number of nitrogens with one attached hydrogen (secondary N) is 1. The number of hydrogen-bond acceptors (Lipinski definition) is 7. The lowest BCUT2D eigenvalue weighted by atomic mass is 10.0. The second-order valence-electron chi connectivity index (χ2n) is 10.8. The molecule has 2 aromatic rings. The monoisotopic (exact) mass is 591 g/mol. The number of thiophene rings is 1. The highest BCUT2D eigenvalue weighted by Crippen LogP contribution is 2.62. The molecule has 0 aromatic carbocycles. The van der Waals surface area contributed by atoms with Gasteiger partial charge in [0.1, 0.15) is 6.04 Å². The Hall–Kier alpha value is -3.68. The standard InChI is InChI=1S/C14H23NO2.C12H7N3OS.C2H2F3NO/c1-9(17-10-4-5-10)6-13(16)15-7-11-12(8-15)14(11,2)3;1-2-8-6-17-11-5-14-4-9(12(8)11)10(3-13)15-7-16;3-2(4,5)1(6)7/h9-12H,4-8H2,1-3H3;1,4-7,10H,(H,15,16);(H2,6,7)/t9-,11?,12?;;/m1../s1. The molecule has 220 valence electrons. The van der Waals surface area contributed by atoms with Crippen LogP contribution in [0.3, 0.4) is 0 Å². The van der Waals surface area contributed by atoms with Crippen molar-refractivity contribution >= 4 is 39.6 Å². The van der Waals surface area contributed by atoms with Crippen molar-refractivity contribution in [3.63, 3.8) is 0 Å². The van der Waals surface area contributed by atoms with E-state index >= 15 is 0 Å². The highest BCUT2D eigenvalue weighted by molar-refractivity contribution is 7.17. The van der Waals surface area contributed by atoms with E-state index in [1.54, 1.807) is 12.4 Å². The number of fused-ring (bicyclic) bond motifs is 2. The molecule has 3 unspecified atom stereocenters. The number of nitrogens with two attached hydrogens (primary N) is 1. The average molecular weight is 592 g/mol. The third-order valence-electron chi connectivity index (χ3n) is 7.51. The van der Waals surface area contributed by atoms with Crippen molar-refractivity contribution in [2.24, 2.45) is 23.0 Å². The van der Waals surface area contributed by atoms with Gasteiger partial charge in [0, 0.05) is 47.4 Å². The number of halogens is 3. The first-order valence-corrected chi connectivity index (χ1v) is 13.8. The Balaban J connectivity index is 0.000000185. The molecular weight excluding hydrogens is 559 g/mol. The van der Waals surface area contributed by atoms with Crippen LogP contribution >= 0.6 is 11.3 Å². The summed E-state index contributed by atoms with van der Waals surface area (Å²) in [5, 5.41) is 14.1. The lowest BCUT2D eigenvalue weighted by Crippen LogP contribution is -2.35. The van der Waals surface area contributed by atoms with Gasteiger partial charge in [-0.25, -0.2) is 0 Å². The first kappa shape index (κ1) is 31.8. The summed E-state index contributed by atoms with van der Waals surface area (Å²) in [6.45, 7) is 8.63. The van der Waals surface area contributed by atoms with Crippen molar-refractivity contribution in [2.45, 2.75) is 64.5 Å². The lowest BCUT2D eigenvalue weighted by molar-refractivity contribution is -0.169. The Morgan fingerprint density at radius 2 is 1.95 bits per heavy atom. The number of ether oxygens (including phenoxy) is 1. The van der Waals surface area contributed by atoms with E-state index in [-0.39, 0.29) is 6.10 Å². The summed E-state index contributed by atoms with van der Waals surface area (Å²) in [5.41, 5.74) is 5.65. The summed E-state index contributed by atoms with van der Waals surface area (Å²) >= 11 is 1.47. The Bertz CT molecular complexity index is 1350. The number of hydrogen-bond donors (Lipinski definition) is 2. The second-order valence-corrected chi connectivity index (χ2v) is 11.7. The fraction of sp³-hybridized carbons (Fsp3) is 0.536. The predicted octanol–water partition coefficient (Wildman–Crippen LogP) is 3.68. The summed E-state index contributed by atoms with van der Waals surface area (Å²) in [6.07, 6.45) is 7.76. The van der Waals surface area contributed by atoms with Gasteiger partial charge < -0.3 is 20.7 Å². The van der Waals surface area contributed by atoms with Crippen LogP contribution in [0.1, 0.15) is 57.2 Å². The fourth-order valence-electron chi connectivity index (χ4n) is 4.90. The summed E-state index contributed by atoms with van der Waals surface area (Å²) in [7, 11) is 0. The fourth-order valence-corrected chi connectivity index (χ4v) is 5.79. The minimum atomic E-state index is -4.86. The molecule has 1 aliphatic heterocycles. The number of aromatic nitrogens is 1. The van der Waals surface area contributed by atoms with Crippen LogP contribution in [0.5, 0.6) is 0 Å². The van der Waals surface area contributed by atoms with E-state index < -0.39 is 18.1 Å². The maximum atomic E-state index is 12.1. The number of carbonyl (C=O) groups is 3. The SMILES string of the molecule is C#Cc1csc2cncc(C(C#N)NC=O)c12.C[C@H](CC(=O)N1CC2C(C1)C2(C)C)OC1CC1.NC(=O)C(F)(F)F. The molecule has 3 N–H and O–H groups in total. The summed E-state index contributed by atoms with van der Waals surface area (Å²) in [5.74, 6) is 2.12. The molecule has 9 nitrogen and oxygen atoms in total. The number of nitrogens with zero attached hydrogens (tertiary/aromatic N) is 3. The van der Waals surface area contributed by atoms with Crippen molar-refractivity contribution in [1.82, 2.24) is 15.2 Å². The average Bonchev–Trinajstić information content (AvgIpc) is 3.62. The van der Waals surface area contributed by atoms with Crippen LogP contribution in [0.25, 0.3) is 10.1 Å². The van der Waals surface area contributed by atoms with E-state index in [0.717, 1.165) is 40.6 Å². The van der Waals surface area contributed by atoms with E-state index in [9.17, 15) is 22.8 Å². The van der Waals surface area contributed by atoms with Crippen LogP contribution < -0.4 is 11.1 Å². The van der Waals surface area contributed by atoms with E-state index in [4.69, 9.17) is 21.2 Å². The van der Waals surface area contributed by atoms with E-state index in [1.165, 1.54) is 24.2 Å². The lowest BCUT2D eigenvalue weighted by Gasteiger charge is -2.23. The van der Waals surface area contributed by atoms with Crippen LogP contribution in [0.2, 0.25) is 0 Å². The highest BCUT2D eigenvalue weighted by atomic mass is 32.1. The molecule has 3 heterocycles. The second kappa shape index (κ2) is 12.9. The first-order valence-electron chi connectivity index (χ1n) is 12.9. The molecule has 2 saturated carbocycles. The normalized spacial score (nSPS) is 21.4. The van der Waals surface area contributed by atoms with Crippen molar-refractivity contribution in [2.75, 3.05) is 13.1 Å². The number of piperidine rings is 1. The number of alkyl halides is 3. The van der Waals surface area contributed by atoms with Crippen molar-refractivity contribution in [3.05, 3.63) is 28.9 Å². The number of nitriles is 1. The quantitative estimate of drug-likeness (QED) is 0.372. The molecule has 1 saturated heterocycles. The molecule has 0 radical (unpaired) electrons. The molecule has 41 heavy (non-hydrogen) atoms. The van der Waals surface area contributed by atoms with E-state index in [2.05, 4.69) is 35.8 Å².